The molecule has 0 atom stereocenters. The number of aromatic nitrogens is 3. The second-order valence-corrected chi connectivity index (χ2v) is 4.51. The van der Waals surface area contributed by atoms with E-state index in [-0.39, 0.29) is 0 Å². The number of imidazole rings is 1. The lowest BCUT2D eigenvalue weighted by Crippen LogP contribution is -2.04. The molecule has 2 aromatic heterocycles. The van der Waals surface area contributed by atoms with Crippen LogP contribution in [0.4, 0.5) is 0 Å². The Bertz CT molecular complexity index is 691. The van der Waals surface area contributed by atoms with Gasteiger partial charge in [-0.3, -0.25) is 4.99 Å². The van der Waals surface area contributed by atoms with E-state index in [0.29, 0.717) is 0 Å². The van der Waals surface area contributed by atoms with Gasteiger partial charge < -0.3 is 4.40 Å². The third kappa shape index (κ3) is 5.81. The van der Waals surface area contributed by atoms with Crippen molar-refractivity contribution in [1.29, 1.82) is 0 Å². The average Bonchev–Trinajstić information content (AvgIpc) is 2.92. The zero-order valence-electron chi connectivity index (χ0n) is 15.8. The van der Waals surface area contributed by atoms with Crippen LogP contribution in [0.5, 0.6) is 0 Å². The fourth-order valence-electron chi connectivity index (χ4n) is 1.95. The first-order valence-electron chi connectivity index (χ1n) is 8.21. The van der Waals surface area contributed by atoms with Gasteiger partial charge in [-0.15, -0.1) is 0 Å². The molecule has 0 aromatic carbocycles. The Kier molecular flexibility index (Phi) is 9.47. The largest absolute Gasteiger partial charge is 0.303 e. The molecule has 0 saturated carbocycles. The van der Waals surface area contributed by atoms with Crippen LogP contribution in [0.25, 0.3) is 5.65 Å². The number of hydrogen-bond acceptors (Lipinski definition) is 3. The van der Waals surface area contributed by atoms with E-state index >= 15 is 0 Å². The van der Waals surface area contributed by atoms with Gasteiger partial charge in [0.1, 0.15) is 5.69 Å². The Morgan fingerprint density at radius 2 is 1.74 bits per heavy atom. The molecule has 0 aliphatic carbocycles. The van der Waals surface area contributed by atoms with Gasteiger partial charge in [0.05, 0.1) is 22.8 Å². The van der Waals surface area contributed by atoms with E-state index in [2.05, 4.69) is 21.5 Å². The second-order valence-electron chi connectivity index (χ2n) is 4.51. The highest BCUT2D eigenvalue weighted by Gasteiger charge is 2.07. The van der Waals surface area contributed by atoms with Gasteiger partial charge in [0.2, 0.25) is 0 Å². The molecule has 0 N–H and O–H groups in total. The van der Waals surface area contributed by atoms with Crippen molar-refractivity contribution in [3.05, 3.63) is 53.9 Å². The Labute approximate surface area is 140 Å². The number of allylic oxidation sites excluding steroid dienone is 2. The minimum Gasteiger partial charge on any atom is -0.303 e. The Hall–Kier alpha value is -2.23. The number of aryl methyl sites for hydroxylation is 2. The maximum Gasteiger partial charge on any atom is 0.158 e. The van der Waals surface area contributed by atoms with Crippen LogP contribution in [0.2, 0.25) is 0 Å². The summed E-state index contributed by atoms with van der Waals surface area (Å²) in [5, 5.41) is 0. The summed E-state index contributed by atoms with van der Waals surface area (Å²) in [4.78, 5) is 13.4. The maximum absolute atomic E-state index is 4.55. The number of nitrogens with zero attached hydrogens (tertiary/aromatic N) is 4. The molecule has 0 fully saturated rings. The average molecular weight is 314 g/mol. The summed E-state index contributed by atoms with van der Waals surface area (Å²) >= 11 is 0. The van der Waals surface area contributed by atoms with Crippen molar-refractivity contribution in [1.82, 2.24) is 14.4 Å². The van der Waals surface area contributed by atoms with Gasteiger partial charge in [0, 0.05) is 12.4 Å². The molecule has 2 heterocycles. The molecule has 4 nitrogen and oxygen atoms in total. The summed E-state index contributed by atoms with van der Waals surface area (Å²) in [7, 11) is 0. The van der Waals surface area contributed by atoms with Crippen molar-refractivity contribution in [3.8, 4) is 0 Å². The summed E-state index contributed by atoms with van der Waals surface area (Å²) in [5.74, 6) is 0. The topological polar surface area (TPSA) is 42.5 Å². The van der Waals surface area contributed by atoms with Crippen LogP contribution in [0.15, 0.2) is 41.8 Å². The second kappa shape index (κ2) is 10.5. The van der Waals surface area contributed by atoms with Gasteiger partial charge in [-0.25, -0.2) is 9.97 Å². The fourth-order valence-corrected chi connectivity index (χ4v) is 1.95. The summed E-state index contributed by atoms with van der Waals surface area (Å²) in [5.41, 5.74) is 5.18. The van der Waals surface area contributed by atoms with Crippen LogP contribution in [-0.4, -0.2) is 20.1 Å². The zero-order chi connectivity index (χ0) is 18.0. The predicted molar refractivity (Wildman–Crippen MR) is 101 cm³/mol. The summed E-state index contributed by atoms with van der Waals surface area (Å²) in [6, 6.07) is 0. The molecule has 0 bridgehead atoms. The summed E-state index contributed by atoms with van der Waals surface area (Å²) in [6.07, 6.45) is 7.72. The summed E-state index contributed by atoms with van der Waals surface area (Å²) in [6.45, 7) is 19.7. The van der Waals surface area contributed by atoms with Crippen molar-refractivity contribution >= 4 is 11.4 Å². The van der Waals surface area contributed by atoms with Crippen LogP contribution in [-0.2, 0) is 0 Å². The standard InChI is InChI=1S/C15H18N4.2C2H6/c1-6-7-10(2)16-12(4)14-9-19-8-11(3)17-15(19)13(5)18-14;2*1-2/h6-9H,2H2,1,3-5H3;2*1-2H3/b7-6-,16-12?;;. The number of aliphatic imine (C=N–C) groups is 1. The third-order valence-electron chi connectivity index (χ3n) is 2.77. The first-order valence-corrected chi connectivity index (χ1v) is 8.21. The molecule has 0 aliphatic rings. The van der Waals surface area contributed by atoms with Crippen LogP contribution in [0.1, 0.15) is 58.6 Å². The molecule has 0 amide bonds. The lowest BCUT2D eigenvalue weighted by atomic mass is 10.3. The lowest BCUT2D eigenvalue weighted by molar-refractivity contribution is 1.06. The van der Waals surface area contributed by atoms with E-state index in [4.69, 9.17) is 0 Å². The zero-order valence-corrected chi connectivity index (χ0v) is 15.8. The Balaban J connectivity index is 0.00000112. The van der Waals surface area contributed by atoms with Gasteiger partial charge in [0.25, 0.3) is 0 Å². The quantitative estimate of drug-likeness (QED) is 0.570. The molecule has 23 heavy (non-hydrogen) atoms. The molecular weight excluding hydrogens is 284 g/mol. The molecule has 4 heteroatoms. The molecule has 2 rings (SSSR count). The smallest absolute Gasteiger partial charge is 0.158 e. The maximum atomic E-state index is 4.55. The van der Waals surface area contributed by atoms with E-state index in [1.54, 1.807) is 0 Å². The molecule has 0 radical (unpaired) electrons. The highest BCUT2D eigenvalue weighted by Crippen LogP contribution is 2.11. The molecular formula is C19H30N4. The normalized spacial score (nSPS) is 10.9. The lowest BCUT2D eigenvalue weighted by Gasteiger charge is -2.04. The van der Waals surface area contributed by atoms with Gasteiger partial charge in [-0.2, -0.15) is 0 Å². The molecule has 2 aromatic rings. The van der Waals surface area contributed by atoms with Crippen molar-refractivity contribution in [2.45, 2.75) is 55.4 Å². The Morgan fingerprint density at radius 1 is 1.13 bits per heavy atom. The molecule has 0 saturated heterocycles. The van der Waals surface area contributed by atoms with E-state index in [0.717, 1.165) is 34.1 Å². The van der Waals surface area contributed by atoms with Crippen molar-refractivity contribution in [2.24, 2.45) is 4.99 Å². The van der Waals surface area contributed by atoms with Crippen molar-refractivity contribution < 1.29 is 0 Å². The van der Waals surface area contributed by atoms with E-state index in [9.17, 15) is 0 Å². The van der Waals surface area contributed by atoms with Crippen molar-refractivity contribution in [3.63, 3.8) is 0 Å². The van der Waals surface area contributed by atoms with Gasteiger partial charge >= 0.3 is 0 Å². The molecule has 126 valence electrons. The van der Waals surface area contributed by atoms with Gasteiger partial charge in [0.15, 0.2) is 5.65 Å². The first kappa shape index (κ1) is 20.8. The SMILES string of the molecule is C=C(/C=C\C)N=C(C)c1cn2cc(C)nc2c(C)n1.CC.CC. The van der Waals surface area contributed by atoms with Crippen molar-refractivity contribution in [2.75, 3.05) is 0 Å². The van der Waals surface area contributed by atoms with E-state index < -0.39 is 0 Å². The molecule has 0 unspecified atom stereocenters. The first-order chi connectivity index (χ1) is 11.0. The predicted octanol–water partition coefficient (Wildman–Crippen LogP) is 5.30. The van der Waals surface area contributed by atoms with Gasteiger partial charge in [-0.05, 0) is 33.8 Å². The minimum absolute atomic E-state index is 0.723. The third-order valence-corrected chi connectivity index (χ3v) is 2.77. The monoisotopic (exact) mass is 314 g/mol. The van der Waals surface area contributed by atoms with Crippen LogP contribution < -0.4 is 0 Å². The van der Waals surface area contributed by atoms with E-state index in [1.165, 1.54) is 0 Å². The number of hydrogen-bond donors (Lipinski definition) is 0. The Morgan fingerprint density at radius 3 is 2.30 bits per heavy atom. The summed E-state index contributed by atoms with van der Waals surface area (Å²) < 4.78 is 1.99. The van der Waals surface area contributed by atoms with Crippen LogP contribution >= 0.6 is 0 Å². The molecule has 0 aliphatic heterocycles. The number of rotatable bonds is 3. The van der Waals surface area contributed by atoms with E-state index in [1.807, 2.05) is 84.3 Å². The highest BCUT2D eigenvalue weighted by molar-refractivity contribution is 5.97. The van der Waals surface area contributed by atoms with Crippen LogP contribution in [0, 0.1) is 13.8 Å². The minimum atomic E-state index is 0.723. The highest BCUT2D eigenvalue weighted by atomic mass is 15.0. The fraction of sp³-hybridized carbons (Fsp3) is 0.421. The molecule has 0 spiro atoms. The van der Waals surface area contributed by atoms with Gasteiger partial charge in [-0.1, -0.05) is 40.3 Å². The number of fused-ring (bicyclic) bond motifs is 1. The van der Waals surface area contributed by atoms with Crippen LogP contribution in [0.3, 0.4) is 0 Å².